The van der Waals surface area contributed by atoms with Crippen LogP contribution < -0.4 is 10.5 Å². The van der Waals surface area contributed by atoms with Crippen molar-refractivity contribution in [1.29, 1.82) is 0 Å². The summed E-state index contributed by atoms with van der Waals surface area (Å²) in [6.07, 6.45) is 0.536. The van der Waals surface area contributed by atoms with Crippen LogP contribution in [0, 0.1) is 5.82 Å². The van der Waals surface area contributed by atoms with Crippen LogP contribution in [0.1, 0.15) is 6.42 Å². The molecule has 0 aromatic heterocycles. The van der Waals surface area contributed by atoms with Crippen LogP contribution in [0.25, 0.3) is 0 Å². The van der Waals surface area contributed by atoms with E-state index in [1.807, 2.05) is 0 Å². The van der Waals surface area contributed by atoms with Gasteiger partial charge in [0.25, 0.3) is 0 Å². The van der Waals surface area contributed by atoms with Gasteiger partial charge in [0.15, 0.2) is 0 Å². The first-order valence-corrected chi connectivity index (χ1v) is 6.48. The van der Waals surface area contributed by atoms with Gasteiger partial charge in [-0.3, -0.25) is 0 Å². The molecule has 0 aliphatic heterocycles. The van der Waals surface area contributed by atoms with Crippen LogP contribution in [-0.4, -0.2) is 21.5 Å². The van der Waals surface area contributed by atoms with Crippen LogP contribution >= 0.6 is 11.6 Å². The zero-order chi connectivity index (χ0) is 12.2. The molecular weight excluding hydrogens is 255 g/mol. The number of rotatable bonds is 5. The molecule has 3 N–H and O–H groups in total. The molecule has 0 saturated carbocycles. The second kappa shape index (κ2) is 5.58. The summed E-state index contributed by atoms with van der Waals surface area (Å²) in [5.41, 5.74) is 5.24. The predicted molar refractivity (Wildman–Crippen MR) is 60.3 cm³/mol. The Balaban J connectivity index is 2.86. The van der Waals surface area contributed by atoms with Gasteiger partial charge in [-0.1, -0.05) is 11.6 Å². The first-order chi connectivity index (χ1) is 7.47. The molecule has 0 fully saturated rings. The lowest BCUT2D eigenvalue weighted by molar-refractivity contribution is 0.578. The summed E-state index contributed by atoms with van der Waals surface area (Å²) in [6.45, 7) is 0.639. The number of halogens is 2. The molecule has 0 radical (unpaired) electrons. The average molecular weight is 267 g/mol. The molecule has 0 spiro atoms. The summed E-state index contributed by atoms with van der Waals surface area (Å²) in [5, 5.41) is -0.221. The fraction of sp³-hybridized carbons (Fsp3) is 0.333. The van der Waals surface area contributed by atoms with Gasteiger partial charge in [-0.25, -0.2) is 17.5 Å². The Hall–Kier alpha value is -0.690. The Bertz CT molecular complexity index is 465. The van der Waals surface area contributed by atoms with E-state index in [0.29, 0.717) is 13.0 Å². The molecule has 90 valence electrons. The summed E-state index contributed by atoms with van der Waals surface area (Å²) in [6, 6.07) is 3.24. The molecule has 0 atom stereocenters. The summed E-state index contributed by atoms with van der Waals surface area (Å²) in [5.74, 6) is -0.650. The fourth-order valence-corrected chi connectivity index (χ4v) is 2.38. The molecule has 1 rings (SSSR count). The van der Waals surface area contributed by atoms with E-state index < -0.39 is 15.8 Å². The van der Waals surface area contributed by atoms with E-state index in [2.05, 4.69) is 4.72 Å². The Morgan fingerprint density at radius 3 is 2.69 bits per heavy atom. The molecule has 4 nitrogen and oxygen atoms in total. The molecule has 0 saturated heterocycles. The van der Waals surface area contributed by atoms with Crippen molar-refractivity contribution < 1.29 is 12.8 Å². The zero-order valence-corrected chi connectivity index (χ0v) is 9.98. The van der Waals surface area contributed by atoms with Gasteiger partial charge in [-0.05, 0) is 31.2 Å². The van der Waals surface area contributed by atoms with Crippen LogP contribution in [-0.2, 0) is 10.0 Å². The average Bonchev–Trinajstić information content (AvgIpc) is 2.22. The Kier molecular flexibility index (Phi) is 4.67. The van der Waals surface area contributed by atoms with Crippen molar-refractivity contribution in [2.45, 2.75) is 11.3 Å². The van der Waals surface area contributed by atoms with Crippen molar-refractivity contribution in [2.24, 2.45) is 5.73 Å². The van der Waals surface area contributed by atoms with Crippen LogP contribution in [0.2, 0.25) is 5.02 Å². The van der Waals surface area contributed by atoms with Crippen LogP contribution in [0.15, 0.2) is 23.1 Å². The maximum atomic E-state index is 12.8. The number of hydrogen-bond donors (Lipinski definition) is 2. The van der Waals surface area contributed by atoms with E-state index in [1.54, 1.807) is 0 Å². The topological polar surface area (TPSA) is 72.2 Å². The molecule has 0 bridgehead atoms. The Morgan fingerprint density at radius 1 is 1.44 bits per heavy atom. The third-order valence-corrected chi connectivity index (χ3v) is 3.62. The quantitative estimate of drug-likeness (QED) is 0.784. The monoisotopic (exact) mass is 266 g/mol. The van der Waals surface area contributed by atoms with Gasteiger partial charge in [0, 0.05) is 6.54 Å². The van der Waals surface area contributed by atoms with E-state index >= 15 is 0 Å². The molecule has 0 aliphatic carbocycles. The molecule has 1 aromatic rings. The molecule has 1 aromatic carbocycles. The largest absolute Gasteiger partial charge is 0.330 e. The molecular formula is C9H12ClFN2O2S. The standard InChI is InChI=1S/C9H12ClFN2O2S/c10-8-6-7(2-3-9(8)11)16(14,15)13-5-1-4-12/h2-3,6,13H,1,4-5,12H2. The van der Waals surface area contributed by atoms with Crippen molar-refractivity contribution in [3.8, 4) is 0 Å². The normalized spacial score (nSPS) is 11.7. The maximum absolute atomic E-state index is 12.8. The highest BCUT2D eigenvalue weighted by atomic mass is 35.5. The fourth-order valence-electron chi connectivity index (χ4n) is 1.04. The second-order valence-corrected chi connectivity index (χ2v) is 5.29. The molecule has 0 heterocycles. The van der Waals surface area contributed by atoms with Gasteiger partial charge in [-0.15, -0.1) is 0 Å². The molecule has 0 unspecified atom stereocenters. The molecule has 0 amide bonds. The lowest BCUT2D eigenvalue weighted by Gasteiger charge is -2.06. The van der Waals surface area contributed by atoms with Crippen molar-refractivity contribution in [3.63, 3.8) is 0 Å². The third-order valence-electron chi connectivity index (χ3n) is 1.87. The number of hydrogen-bond acceptors (Lipinski definition) is 3. The first kappa shape index (κ1) is 13.4. The minimum absolute atomic E-state index is 0.0593. The van der Waals surface area contributed by atoms with Gasteiger partial charge >= 0.3 is 0 Å². The lowest BCUT2D eigenvalue weighted by Crippen LogP contribution is -2.26. The molecule has 16 heavy (non-hydrogen) atoms. The van der Waals surface area contributed by atoms with E-state index in [1.165, 1.54) is 0 Å². The van der Waals surface area contributed by atoms with Gasteiger partial charge in [-0.2, -0.15) is 0 Å². The summed E-state index contributed by atoms with van der Waals surface area (Å²) in [4.78, 5) is -0.0593. The summed E-state index contributed by atoms with van der Waals surface area (Å²) < 4.78 is 38.4. The van der Waals surface area contributed by atoms with E-state index in [9.17, 15) is 12.8 Å². The lowest BCUT2D eigenvalue weighted by atomic mass is 10.3. The minimum Gasteiger partial charge on any atom is -0.330 e. The summed E-state index contributed by atoms with van der Waals surface area (Å²) in [7, 11) is -3.63. The van der Waals surface area contributed by atoms with Gasteiger partial charge < -0.3 is 5.73 Å². The predicted octanol–water partition coefficient (Wildman–Crippen LogP) is 1.11. The van der Waals surface area contributed by atoms with Gasteiger partial charge in [0.2, 0.25) is 10.0 Å². The van der Waals surface area contributed by atoms with Crippen molar-refractivity contribution >= 4 is 21.6 Å². The highest BCUT2D eigenvalue weighted by molar-refractivity contribution is 7.89. The van der Waals surface area contributed by atoms with Gasteiger partial charge in [0.1, 0.15) is 5.82 Å². The minimum atomic E-state index is -3.63. The number of benzene rings is 1. The van der Waals surface area contributed by atoms with Crippen molar-refractivity contribution in [1.82, 2.24) is 4.72 Å². The zero-order valence-electron chi connectivity index (χ0n) is 8.41. The highest BCUT2D eigenvalue weighted by Gasteiger charge is 2.14. The van der Waals surface area contributed by atoms with Crippen molar-refractivity contribution in [3.05, 3.63) is 29.0 Å². The first-order valence-electron chi connectivity index (χ1n) is 4.62. The SMILES string of the molecule is NCCCNS(=O)(=O)c1ccc(F)c(Cl)c1. The second-order valence-electron chi connectivity index (χ2n) is 3.12. The Labute approximate surface area is 98.6 Å². The van der Waals surface area contributed by atoms with E-state index in [-0.39, 0.29) is 16.5 Å². The molecule has 7 heteroatoms. The van der Waals surface area contributed by atoms with Crippen LogP contribution in [0.4, 0.5) is 4.39 Å². The van der Waals surface area contributed by atoms with E-state index in [4.69, 9.17) is 17.3 Å². The molecule has 0 aliphatic rings. The Morgan fingerprint density at radius 2 is 2.12 bits per heavy atom. The number of sulfonamides is 1. The smallest absolute Gasteiger partial charge is 0.240 e. The van der Waals surface area contributed by atoms with Crippen LogP contribution in [0.5, 0.6) is 0 Å². The maximum Gasteiger partial charge on any atom is 0.240 e. The van der Waals surface area contributed by atoms with Gasteiger partial charge in [0.05, 0.1) is 9.92 Å². The third kappa shape index (κ3) is 3.41. The van der Waals surface area contributed by atoms with Crippen LogP contribution in [0.3, 0.4) is 0 Å². The highest BCUT2D eigenvalue weighted by Crippen LogP contribution is 2.19. The number of nitrogens with two attached hydrogens (primary N) is 1. The van der Waals surface area contributed by atoms with Crippen molar-refractivity contribution in [2.75, 3.05) is 13.1 Å². The van der Waals surface area contributed by atoms with E-state index in [0.717, 1.165) is 18.2 Å². The summed E-state index contributed by atoms with van der Waals surface area (Å²) >= 11 is 5.49. The number of nitrogens with one attached hydrogen (secondary N) is 1.